The van der Waals surface area contributed by atoms with Gasteiger partial charge in [-0.25, -0.2) is 0 Å². The lowest BCUT2D eigenvalue weighted by Crippen LogP contribution is -2.38. The number of halogens is 3. The first-order chi connectivity index (χ1) is 21.0. The SMILES string of the molecule is C[C@]1(COc2ccc(-c3ccc(N4CCCN(c5ccc(OC(F)(F)F)cc5)CC4)cc3)cc2)Cn2cc([N+](=O)[O-])nc2O1. The fourth-order valence-electron chi connectivity index (χ4n) is 5.49. The lowest BCUT2D eigenvalue weighted by atomic mass is 10.0. The number of rotatable bonds is 8. The molecule has 0 bridgehead atoms. The van der Waals surface area contributed by atoms with Gasteiger partial charge in [0.15, 0.2) is 5.60 Å². The van der Waals surface area contributed by atoms with E-state index in [1.165, 1.54) is 18.3 Å². The highest BCUT2D eigenvalue weighted by Crippen LogP contribution is 2.32. The van der Waals surface area contributed by atoms with Crippen LogP contribution in [0.25, 0.3) is 11.1 Å². The van der Waals surface area contributed by atoms with Crippen molar-refractivity contribution in [2.75, 3.05) is 42.6 Å². The summed E-state index contributed by atoms with van der Waals surface area (Å²) >= 11 is 0. The molecule has 13 heteroatoms. The number of benzene rings is 3. The van der Waals surface area contributed by atoms with Crippen LogP contribution < -0.4 is 24.0 Å². The van der Waals surface area contributed by atoms with E-state index in [-0.39, 0.29) is 24.2 Å². The molecular formula is C31H30F3N5O5. The number of alkyl halides is 3. The first kappa shape index (κ1) is 29.1. The Labute approximate surface area is 251 Å². The molecule has 10 nitrogen and oxygen atoms in total. The van der Waals surface area contributed by atoms with Crippen molar-refractivity contribution in [1.82, 2.24) is 9.55 Å². The summed E-state index contributed by atoms with van der Waals surface area (Å²) in [6, 6.07) is 22.4. The average molecular weight is 610 g/mol. The molecule has 0 radical (unpaired) electrons. The number of nitro groups is 1. The van der Waals surface area contributed by atoms with E-state index in [2.05, 4.69) is 43.8 Å². The molecule has 0 amide bonds. The van der Waals surface area contributed by atoms with Crippen molar-refractivity contribution < 1.29 is 32.3 Å². The molecule has 3 heterocycles. The van der Waals surface area contributed by atoms with Crippen LogP contribution in [0.1, 0.15) is 13.3 Å². The highest BCUT2D eigenvalue weighted by molar-refractivity contribution is 5.67. The molecule has 0 aliphatic carbocycles. The van der Waals surface area contributed by atoms with E-state index < -0.39 is 16.9 Å². The van der Waals surface area contributed by atoms with E-state index in [4.69, 9.17) is 9.47 Å². The molecule has 6 rings (SSSR count). The Morgan fingerprint density at radius 2 is 1.43 bits per heavy atom. The van der Waals surface area contributed by atoms with Gasteiger partial charge in [0.1, 0.15) is 24.3 Å². The largest absolute Gasteiger partial charge is 0.573 e. The highest BCUT2D eigenvalue weighted by atomic mass is 19.4. The molecule has 1 saturated heterocycles. The molecule has 2 aliphatic rings. The molecular weight excluding hydrogens is 579 g/mol. The number of hydrogen-bond donors (Lipinski definition) is 0. The summed E-state index contributed by atoms with van der Waals surface area (Å²) in [7, 11) is 0. The van der Waals surface area contributed by atoms with Gasteiger partial charge in [-0.15, -0.1) is 13.2 Å². The molecule has 1 aromatic heterocycles. The van der Waals surface area contributed by atoms with E-state index in [9.17, 15) is 23.3 Å². The van der Waals surface area contributed by atoms with Crippen molar-refractivity contribution >= 4 is 17.2 Å². The van der Waals surface area contributed by atoms with Crippen molar-refractivity contribution in [3.63, 3.8) is 0 Å². The molecule has 44 heavy (non-hydrogen) atoms. The summed E-state index contributed by atoms with van der Waals surface area (Å²) in [6.45, 7) is 5.74. The number of fused-ring (bicyclic) bond motifs is 1. The molecule has 2 aliphatic heterocycles. The number of imidazole rings is 1. The molecule has 230 valence electrons. The normalized spacial score (nSPS) is 18.4. The van der Waals surface area contributed by atoms with Gasteiger partial charge in [-0.05, 0) is 77.9 Å². The van der Waals surface area contributed by atoms with Crippen LogP contribution in [0.2, 0.25) is 0 Å². The van der Waals surface area contributed by atoms with Gasteiger partial charge in [-0.3, -0.25) is 4.57 Å². The molecule has 3 aromatic carbocycles. The monoisotopic (exact) mass is 609 g/mol. The second-order valence-corrected chi connectivity index (χ2v) is 11.0. The van der Waals surface area contributed by atoms with Crippen molar-refractivity contribution in [3.05, 3.63) is 89.1 Å². The summed E-state index contributed by atoms with van der Waals surface area (Å²) in [4.78, 5) is 18.8. The minimum atomic E-state index is -4.70. The summed E-state index contributed by atoms with van der Waals surface area (Å²) < 4.78 is 54.8. The van der Waals surface area contributed by atoms with Crippen LogP contribution >= 0.6 is 0 Å². The fourth-order valence-corrected chi connectivity index (χ4v) is 5.49. The summed E-state index contributed by atoms with van der Waals surface area (Å²) in [6.07, 6.45) is -2.42. The van der Waals surface area contributed by atoms with Gasteiger partial charge in [0.25, 0.3) is 0 Å². The third-order valence-electron chi connectivity index (χ3n) is 7.65. The van der Waals surface area contributed by atoms with Gasteiger partial charge in [0.2, 0.25) is 0 Å². The lowest BCUT2D eigenvalue weighted by molar-refractivity contribution is -0.389. The van der Waals surface area contributed by atoms with E-state index in [0.29, 0.717) is 12.3 Å². The van der Waals surface area contributed by atoms with Crippen LogP contribution in [0.5, 0.6) is 17.5 Å². The number of hydrogen-bond acceptors (Lipinski definition) is 8. The van der Waals surface area contributed by atoms with Gasteiger partial charge >= 0.3 is 18.2 Å². The van der Waals surface area contributed by atoms with Crippen LogP contribution in [0.15, 0.2) is 79.0 Å². The molecule has 0 unspecified atom stereocenters. The molecule has 4 aromatic rings. The lowest BCUT2D eigenvalue weighted by Gasteiger charge is -2.25. The first-order valence-corrected chi connectivity index (χ1v) is 14.1. The molecule has 1 atom stereocenters. The first-order valence-electron chi connectivity index (χ1n) is 14.1. The second kappa shape index (κ2) is 11.6. The zero-order valence-electron chi connectivity index (χ0n) is 23.9. The van der Waals surface area contributed by atoms with Crippen LogP contribution in [-0.2, 0) is 6.54 Å². The fraction of sp³-hybridized carbons (Fsp3) is 0.323. The average Bonchev–Trinajstić information content (AvgIpc) is 3.41. The zero-order chi connectivity index (χ0) is 30.9. The number of ether oxygens (including phenoxy) is 3. The van der Waals surface area contributed by atoms with Crippen LogP contribution in [0.3, 0.4) is 0 Å². The third-order valence-corrected chi connectivity index (χ3v) is 7.65. The third kappa shape index (κ3) is 6.66. The predicted molar refractivity (Wildman–Crippen MR) is 157 cm³/mol. The molecule has 0 saturated carbocycles. The maximum Gasteiger partial charge on any atom is 0.573 e. The topological polar surface area (TPSA) is 95.1 Å². The van der Waals surface area contributed by atoms with Crippen LogP contribution in [0, 0.1) is 10.1 Å². The Morgan fingerprint density at radius 1 is 0.886 bits per heavy atom. The second-order valence-electron chi connectivity index (χ2n) is 11.0. The minimum absolute atomic E-state index is 0.215. The van der Waals surface area contributed by atoms with Gasteiger partial charge in [0, 0.05) is 42.5 Å². The van der Waals surface area contributed by atoms with Crippen molar-refractivity contribution in [3.8, 4) is 28.6 Å². The van der Waals surface area contributed by atoms with E-state index in [0.717, 1.165) is 55.1 Å². The molecule has 0 N–H and O–H groups in total. The number of nitrogens with zero attached hydrogens (tertiary/aromatic N) is 5. The molecule has 1 fully saturated rings. The van der Waals surface area contributed by atoms with Gasteiger partial charge < -0.3 is 34.1 Å². The summed E-state index contributed by atoms with van der Waals surface area (Å²) in [5.41, 5.74) is 3.40. The highest BCUT2D eigenvalue weighted by Gasteiger charge is 2.41. The van der Waals surface area contributed by atoms with Crippen molar-refractivity contribution in [1.29, 1.82) is 0 Å². The Bertz CT molecular complexity index is 1580. The Balaban J connectivity index is 1.01. The minimum Gasteiger partial charge on any atom is -0.489 e. The predicted octanol–water partition coefficient (Wildman–Crippen LogP) is 6.30. The zero-order valence-corrected chi connectivity index (χ0v) is 23.9. The van der Waals surface area contributed by atoms with Crippen molar-refractivity contribution in [2.45, 2.75) is 31.9 Å². The summed E-state index contributed by atoms with van der Waals surface area (Å²) in [5, 5.41) is 10.9. The van der Waals surface area contributed by atoms with E-state index in [1.807, 2.05) is 31.2 Å². The number of anilines is 2. The van der Waals surface area contributed by atoms with E-state index >= 15 is 0 Å². The Kier molecular flexibility index (Phi) is 7.70. The van der Waals surface area contributed by atoms with Crippen LogP contribution in [0.4, 0.5) is 30.4 Å². The maximum absolute atomic E-state index is 12.5. The standard InChI is InChI=1S/C31H30F3N5O5/c1-30(20-38-19-28(39(40)41)35-29(38)44-30)21-42-26-11-5-23(6-12-26)22-3-7-24(8-4-22)36-15-2-16-37(18-17-36)25-9-13-27(14-10-25)43-31(32,33)34/h3-14,19H,2,15-18,20-21H2,1H3/t30-/m1/s1. The molecule has 0 spiro atoms. The quantitative estimate of drug-likeness (QED) is 0.170. The number of aromatic nitrogens is 2. The van der Waals surface area contributed by atoms with Gasteiger partial charge in [-0.2, -0.15) is 0 Å². The van der Waals surface area contributed by atoms with Crippen LogP contribution in [-0.4, -0.2) is 59.2 Å². The van der Waals surface area contributed by atoms with Gasteiger partial charge in [-0.1, -0.05) is 24.3 Å². The smallest absolute Gasteiger partial charge is 0.489 e. The maximum atomic E-state index is 12.5. The van der Waals surface area contributed by atoms with Crippen molar-refractivity contribution in [2.24, 2.45) is 0 Å². The van der Waals surface area contributed by atoms with E-state index in [1.54, 1.807) is 16.7 Å². The Hall–Kier alpha value is -4.94. The Morgan fingerprint density at radius 3 is 1.98 bits per heavy atom. The summed E-state index contributed by atoms with van der Waals surface area (Å²) in [5.74, 6) is 0.219. The van der Waals surface area contributed by atoms with Gasteiger partial charge in [0.05, 0.1) is 6.54 Å².